The molecule has 1 unspecified atom stereocenters. The zero-order valence-electron chi connectivity index (χ0n) is 11.5. The molecule has 2 rings (SSSR count). The third-order valence-electron chi connectivity index (χ3n) is 3.01. The van der Waals surface area contributed by atoms with E-state index in [-0.39, 0.29) is 12.1 Å². The van der Waals surface area contributed by atoms with E-state index in [2.05, 4.69) is 0 Å². The molecule has 1 atom stereocenters. The number of allylic oxidation sites excluding steroid dienone is 1. The molecule has 102 valence electrons. The number of ether oxygens (including phenoxy) is 1. The molecule has 0 bridgehead atoms. The van der Waals surface area contributed by atoms with Crippen LogP contribution in [0.2, 0.25) is 0 Å². The Bertz CT molecular complexity index is 558. The van der Waals surface area contributed by atoms with E-state index in [9.17, 15) is 4.79 Å². The van der Waals surface area contributed by atoms with Crippen molar-refractivity contribution in [2.75, 3.05) is 0 Å². The monoisotopic (exact) mass is 266 g/mol. The number of benzene rings is 2. The number of carbonyl (C=O) groups excluding carboxylic acids is 1. The van der Waals surface area contributed by atoms with Gasteiger partial charge in [0.2, 0.25) is 0 Å². The van der Waals surface area contributed by atoms with E-state index in [0.29, 0.717) is 0 Å². The van der Waals surface area contributed by atoms with Crippen LogP contribution in [0.1, 0.15) is 24.2 Å². The Morgan fingerprint density at radius 1 is 1.05 bits per heavy atom. The summed E-state index contributed by atoms with van der Waals surface area (Å²) >= 11 is 0. The molecular formula is C18H18O2. The van der Waals surface area contributed by atoms with Crippen molar-refractivity contribution in [3.8, 4) is 0 Å². The highest BCUT2D eigenvalue weighted by atomic mass is 16.5. The lowest BCUT2D eigenvalue weighted by Gasteiger charge is -2.11. The minimum atomic E-state index is -0.308. The van der Waals surface area contributed by atoms with Gasteiger partial charge in [-0.2, -0.15) is 0 Å². The fourth-order valence-electron chi connectivity index (χ4n) is 1.91. The molecule has 0 amide bonds. The van der Waals surface area contributed by atoms with Crippen LogP contribution in [0.4, 0.5) is 0 Å². The molecule has 0 aliphatic rings. The van der Waals surface area contributed by atoms with E-state index in [4.69, 9.17) is 4.74 Å². The first-order valence-corrected chi connectivity index (χ1v) is 6.72. The fraction of sp³-hybridized carbons (Fsp3) is 0.167. The average Bonchev–Trinajstić information content (AvgIpc) is 2.49. The van der Waals surface area contributed by atoms with Gasteiger partial charge in [-0.3, -0.25) is 0 Å². The van der Waals surface area contributed by atoms with Gasteiger partial charge in [0.15, 0.2) is 0 Å². The van der Waals surface area contributed by atoms with E-state index in [1.165, 1.54) is 11.6 Å². The highest BCUT2D eigenvalue weighted by molar-refractivity contribution is 5.82. The third-order valence-corrected chi connectivity index (χ3v) is 3.01. The van der Waals surface area contributed by atoms with Gasteiger partial charge >= 0.3 is 5.97 Å². The SMILES string of the molecule is CC(OC(=O)C=CCc1ccccc1)c1ccccc1. The molecule has 0 N–H and O–H groups in total. The Hall–Kier alpha value is -2.35. The predicted octanol–water partition coefficient (Wildman–Crippen LogP) is 4.09. The lowest BCUT2D eigenvalue weighted by Crippen LogP contribution is -2.06. The molecule has 0 heterocycles. The molecule has 0 radical (unpaired) electrons. The normalized spacial score (nSPS) is 12.2. The summed E-state index contributed by atoms with van der Waals surface area (Å²) in [6.45, 7) is 1.87. The van der Waals surface area contributed by atoms with Crippen molar-refractivity contribution in [3.05, 3.63) is 83.9 Å². The van der Waals surface area contributed by atoms with E-state index >= 15 is 0 Å². The van der Waals surface area contributed by atoms with Gasteiger partial charge in [0, 0.05) is 6.08 Å². The van der Waals surface area contributed by atoms with Crippen molar-refractivity contribution < 1.29 is 9.53 Å². The maximum absolute atomic E-state index is 11.7. The number of esters is 1. The minimum Gasteiger partial charge on any atom is -0.455 e. The number of hydrogen-bond donors (Lipinski definition) is 0. The van der Waals surface area contributed by atoms with Gasteiger partial charge in [0.05, 0.1) is 0 Å². The average molecular weight is 266 g/mol. The van der Waals surface area contributed by atoms with Gasteiger partial charge in [-0.05, 0) is 24.5 Å². The van der Waals surface area contributed by atoms with Gasteiger partial charge in [-0.1, -0.05) is 66.7 Å². The number of carbonyl (C=O) groups is 1. The summed E-state index contributed by atoms with van der Waals surface area (Å²) in [6, 6.07) is 19.7. The lowest BCUT2D eigenvalue weighted by molar-refractivity contribution is -0.142. The van der Waals surface area contributed by atoms with Crippen molar-refractivity contribution in [3.63, 3.8) is 0 Å². The van der Waals surface area contributed by atoms with Crippen molar-refractivity contribution in [2.45, 2.75) is 19.4 Å². The summed E-state index contributed by atoms with van der Waals surface area (Å²) in [7, 11) is 0. The van der Waals surface area contributed by atoms with Gasteiger partial charge in [0.1, 0.15) is 6.10 Å². The second-order valence-corrected chi connectivity index (χ2v) is 4.58. The molecule has 2 aromatic rings. The molecule has 0 fully saturated rings. The molecule has 0 spiro atoms. The van der Waals surface area contributed by atoms with Crippen LogP contribution < -0.4 is 0 Å². The Labute approximate surface area is 119 Å². The van der Waals surface area contributed by atoms with Crippen LogP contribution >= 0.6 is 0 Å². The van der Waals surface area contributed by atoms with Gasteiger partial charge in [0.25, 0.3) is 0 Å². The molecule has 0 aromatic heterocycles. The molecule has 0 saturated carbocycles. The van der Waals surface area contributed by atoms with Crippen LogP contribution in [0.15, 0.2) is 72.8 Å². The summed E-state index contributed by atoms with van der Waals surface area (Å²) in [5.74, 6) is -0.308. The molecule has 20 heavy (non-hydrogen) atoms. The van der Waals surface area contributed by atoms with Crippen molar-refractivity contribution in [2.24, 2.45) is 0 Å². The van der Waals surface area contributed by atoms with Crippen LogP contribution in [0.3, 0.4) is 0 Å². The van der Waals surface area contributed by atoms with Crippen molar-refractivity contribution in [1.82, 2.24) is 0 Å². The predicted molar refractivity (Wildman–Crippen MR) is 80.2 cm³/mol. The quantitative estimate of drug-likeness (QED) is 0.602. The maximum atomic E-state index is 11.7. The zero-order chi connectivity index (χ0) is 14.2. The van der Waals surface area contributed by atoms with Crippen molar-refractivity contribution in [1.29, 1.82) is 0 Å². The third kappa shape index (κ3) is 4.39. The zero-order valence-corrected chi connectivity index (χ0v) is 11.5. The summed E-state index contributed by atoms with van der Waals surface area (Å²) in [4.78, 5) is 11.7. The summed E-state index contributed by atoms with van der Waals surface area (Å²) < 4.78 is 5.35. The summed E-state index contributed by atoms with van der Waals surface area (Å²) in [5.41, 5.74) is 2.17. The van der Waals surface area contributed by atoms with Crippen LogP contribution in [-0.4, -0.2) is 5.97 Å². The topological polar surface area (TPSA) is 26.3 Å². The Balaban J connectivity index is 1.83. The Morgan fingerprint density at radius 2 is 1.65 bits per heavy atom. The molecule has 2 heteroatoms. The first-order valence-electron chi connectivity index (χ1n) is 6.72. The summed E-state index contributed by atoms with van der Waals surface area (Å²) in [6.07, 6.45) is 3.82. The first kappa shape index (κ1) is 14.1. The van der Waals surface area contributed by atoms with Crippen LogP contribution in [0, 0.1) is 0 Å². The van der Waals surface area contributed by atoms with E-state index < -0.39 is 0 Å². The standard InChI is InChI=1S/C18H18O2/c1-15(17-12-6-3-7-13-17)20-18(19)14-8-11-16-9-4-2-5-10-16/h2-10,12-15H,11H2,1H3. The molecular weight excluding hydrogens is 248 g/mol. The number of hydrogen-bond acceptors (Lipinski definition) is 2. The van der Waals surface area contributed by atoms with E-state index in [0.717, 1.165) is 12.0 Å². The highest BCUT2D eigenvalue weighted by Gasteiger charge is 2.08. The van der Waals surface area contributed by atoms with Crippen LogP contribution in [0.25, 0.3) is 0 Å². The summed E-state index contributed by atoms with van der Waals surface area (Å²) in [5, 5.41) is 0. The second kappa shape index (κ2) is 7.29. The first-order chi connectivity index (χ1) is 9.75. The molecule has 0 aliphatic heterocycles. The fourth-order valence-corrected chi connectivity index (χ4v) is 1.91. The Kier molecular flexibility index (Phi) is 5.13. The van der Waals surface area contributed by atoms with Crippen molar-refractivity contribution >= 4 is 5.97 Å². The molecule has 2 nitrogen and oxygen atoms in total. The van der Waals surface area contributed by atoms with Gasteiger partial charge in [-0.25, -0.2) is 4.79 Å². The van der Waals surface area contributed by atoms with Crippen LogP contribution in [0.5, 0.6) is 0 Å². The van der Waals surface area contributed by atoms with Crippen LogP contribution in [-0.2, 0) is 16.0 Å². The molecule has 0 saturated heterocycles. The largest absolute Gasteiger partial charge is 0.455 e. The van der Waals surface area contributed by atoms with E-state index in [1.807, 2.05) is 73.7 Å². The lowest BCUT2D eigenvalue weighted by atomic mass is 10.1. The molecule has 2 aromatic carbocycles. The maximum Gasteiger partial charge on any atom is 0.331 e. The molecule has 0 aliphatic carbocycles. The highest BCUT2D eigenvalue weighted by Crippen LogP contribution is 2.16. The minimum absolute atomic E-state index is 0.231. The smallest absolute Gasteiger partial charge is 0.331 e. The van der Waals surface area contributed by atoms with Gasteiger partial charge in [-0.15, -0.1) is 0 Å². The van der Waals surface area contributed by atoms with Gasteiger partial charge < -0.3 is 4.74 Å². The Morgan fingerprint density at radius 3 is 2.30 bits per heavy atom. The van der Waals surface area contributed by atoms with E-state index in [1.54, 1.807) is 0 Å². The number of rotatable bonds is 5. The second-order valence-electron chi connectivity index (χ2n) is 4.58.